The molecule has 1 amide bonds. The summed E-state index contributed by atoms with van der Waals surface area (Å²) in [6.45, 7) is 2.19. The van der Waals surface area contributed by atoms with E-state index in [-0.39, 0.29) is 48.9 Å². The Bertz CT molecular complexity index is 1590. The van der Waals surface area contributed by atoms with Crippen molar-refractivity contribution < 1.29 is 47.2 Å². The van der Waals surface area contributed by atoms with E-state index in [0.717, 1.165) is 11.3 Å². The van der Waals surface area contributed by atoms with Gasteiger partial charge >= 0.3 is 11.9 Å². The fourth-order valence-corrected chi connectivity index (χ4v) is 6.76. The number of amides is 1. The van der Waals surface area contributed by atoms with Crippen molar-refractivity contribution in [3.05, 3.63) is 64.8 Å². The molecule has 41 heavy (non-hydrogen) atoms. The maximum Gasteiger partial charge on any atom is 0.339 e. The van der Waals surface area contributed by atoms with Crippen LogP contribution in [-0.4, -0.2) is 66.0 Å². The van der Waals surface area contributed by atoms with E-state index < -0.39 is 33.8 Å². The predicted molar refractivity (Wildman–Crippen MR) is 146 cm³/mol. The lowest BCUT2D eigenvalue weighted by Gasteiger charge is -2.21. The second-order valence-corrected chi connectivity index (χ2v) is 12.8. The molecule has 1 aliphatic carbocycles. The predicted octanol–water partition coefficient (Wildman–Crippen LogP) is 4.06. The summed E-state index contributed by atoms with van der Waals surface area (Å²) >= 11 is 0.930. The summed E-state index contributed by atoms with van der Waals surface area (Å²) in [5, 5.41) is 21.6. The third-order valence-corrected chi connectivity index (χ3v) is 9.79. The lowest BCUT2D eigenvalue weighted by Crippen LogP contribution is -2.28. The van der Waals surface area contributed by atoms with Gasteiger partial charge in [-0.1, -0.05) is 23.5 Å². The number of ether oxygens (including phenoxy) is 3. The molecule has 0 bridgehead atoms. The highest BCUT2D eigenvalue weighted by atomic mass is 32.2. The number of sulfone groups is 1. The minimum atomic E-state index is -3.39. The molecule has 2 aromatic carbocycles. The smallest absolute Gasteiger partial charge is 0.339 e. The lowest BCUT2D eigenvalue weighted by molar-refractivity contribution is -0.131. The first kappa shape index (κ1) is 28.7. The largest absolute Gasteiger partial charge is 0.478 e. The molecule has 12 nitrogen and oxygen atoms in total. The minimum absolute atomic E-state index is 0.0346. The summed E-state index contributed by atoms with van der Waals surface area (Å²) in [5.41, 5.74) is 0.0248. The molecular formula is C27H26N2O10S2. The molecule has 1 saturated carbocycles. The van der Waals surface area contributed by atoms with Crippen LogP contribution in [-0.2, 0) is 24.1 Å². The van der Waals surface area contributed by atoms with Crippen LogP contribution in [0.4, 0.5) is 5.13 Å². The first-order valence-electron chi connectivity index (χ1n) is 12.7. The summed E-state index contributed by atoms with van der Waals surface area (Å²) in [7, 11) is -3.39. The average Bonchev–Trinajstić information content (AvgIpc) is 3.51. The summed E-state index contributed by atoms with van der Waals surface area (Å²) in [6, 6.07) is 8.57. The van der Waals surface area contributed by atoms with Crippen LogP contribution in [0, 0.1) is 6.92 Å². The fraction of sp³-hybridized carbons (Fsp3) is 0.333. The number of hydrogen-bond donors (Lipinski definition) is 3. The molecule has 3 N–H and O–H groups in total. The number of aromatic carboxylic acids is 2. The zero-order chi connectivity index (χ0) is 29.3. The van der Waals surface area contributed by atoms with Crippen LogP contribution < -0.4 is 10.1 Å². The molecule has 0 radical (unpaired) electrons. The highest BCUT2D eigenvalue weighted by Gasteiger charge is 2.37. The van der Waals surface area contributed by atoms with E-state index in [4.69, 9.17) is 14.2 Å². The van der Waals surface area contributed by atoms with Gasteiger partial charge in [0.15, 0.2) is 21.1 Å². The third kappa shape index (κ3) is 6.25. The standard InChI is InChI=1S/C27H26N2O10S2/c1-14-19(25(31)32)8-9-20(22(14)26(33)34)39-21-12-28-27(40-21)29-24(30)23(38-16-10-11-37-13-16)15-2-4-17(5-3-15)41(35,36)18-6-7-18/h2-5,8-9,12,16,18,23H,6-7,10-11,13H2,1H3,(H,31,32)(H,33,34)(H,28,29,30)/t16-,23?/m1/s1. The number of aromatic nitrogens is 1. The molecule has 5 rings (SSSR count). The van der Waals surface area contributed by atoms with E-state index in [0.29, 0.717) is 38.0 Å². The van der Waals surface area contributed by atoms with E-state index in [1.54, 1.807) is 12.1 Å². The molecule has 1 saturated heterocycles. The zero-order valence-corrected chi connectivity index (χ0v) is 23.4. The Kier molecular flexibility index (Phi) is 8.09. The van der Waals surface area contributed by atoms with Gasteiger partial charge in [0.05, 0.1) is 34.6 Å². The van der Waals surface area contributed by atoms with Crippen LogP contribution in [0.15, 0.2) is 47.5 Å². The number of thiazole rings is 1. The zero-order valence-electron chi connectivity index (χ0n) is 21.7. The maximum atomic E-state index is 13.4. The molecule has 216 valence electrons. The van der Waals surface area contributed by atoms with E-state index in [2.05, 4.69) is 10.3 Å². The number of nitrogens with one attached hydrogen (secondary N) is 1. The number of carboxylic acids is 2. The van der Waals surface area contributed by atoms with Gasteiger partial charge in [0, 0.05) is 6.61 Å². The maximum absolute atomic E-state index is 13.4. The molecule has 1 aliphatic heterocycles. The Morgan fingerprint density at radius 1 is 1.07 bits per heavy atom. The van der Waals surface area contributed by atoms with Crippen LogP contribution >= 0.6 is 11.3 Å². The molecular weight excluding hydrogens is 576 g/mol. The number of benzene rings is 2. The van der Waals surface area contributed by atoms with Crippen molar-refractivity contribution in [2.24, 2.45) is 0 Å². The molecule has 2 atom stereocenters. The molecule has 14 heteroatoms. The number of carbonyl (C=O) groups is 3. The van der Waals surface area contributed by atoms with Gasteiger partial charge in [-0.3, -0.25) is 10.1 Å². The monoisotopic (exact) mass is 602 g/mol. The van der Waals surface area contributed by atoms with Gasteiger partial charge in [0.2, 0.25) is 5.06 Å². The van der Waals surface area contributed by atoms with Gasteiger partial charge in [-0.2, -0.15) is 0 Å². The van der Waals surface area contributed by atoms with Crippen molar-refractivity contribution in [1.82, 2.24) is 4.98 Å². The number of carbonyl (C=O) groups excluding carboxylic acids is 1. The molecule has 2 fully saturated rings. The Morgan fingerprint density at radius 3 is 2.41 bits per heavy atom. The summed E-state index contributed by atoms with van der Waals surface area (Å²) in [6.07, 6.45) is 1.76. The van der Waals surface area contributed by atoms with Crippen LogP contribution in [0.3, 0.4) is 0 Å². The Hall–Kier alpha value is -3.85. The Balaban J connectivity index is 1.34. The van der Waals surface area contributed by atoms with Crippen molar-refractivity contribution >= 4 is 44.2 Å². The van der Waals surface area contributed by atoms with E-state index in [1.807, 2.05) is 0 Å². The first-order chi connectivity index (χ1) is 19.5. The number of carboxylic acid groups (broad SMARTS) is 2. The molecule has 0 spiro atoms. The average molecular weight is 603 g/mol. The SMILES string of the molecule is Cc1c(C(=O)O)ccc(Oc2cnc(NC(=O)C(O[C@@H]3CCOC3)c3ccc(S(=O)(=O)C4CC4)cc3)s2)c1C(=O)O. The quantitative estimate of drug-likeness (QED) is 0.288. The van der Waals surface area contributed by atoms with Crippen molar-refractivity contribution in [1.29, 1.82) is 0 Å². The second kappa shape index (κ2) is 11.6. The summed E-state index contributed by atoms with van der Waals surface area (Å²) in [4.78, 5) is 40.9. The van der Waals surface area contributed by atoms with Gasteiger partial charge < -0.3 is 24.4 Å². The summed E-state index contributed by atoms with van der Waals surface area (Å²) in [5.74, 6) is -3.25. The van der Waals surface area contributed by atoms with Crippen LogP contribution in [0.1, 0.15) is 57.2 Å². The molecule has 3 aromatic rings. The Morgan fingerprint density at radius 2 is 1.80 bits per heavy atom. The van der Waals surface area contributed by atoms with Crippen molar-refractivity contribution in [2.75, 3.05) is 18.5 Å². The topological polar surface area (TPSA) is 178 Å². The molecule has 1 unspecified atom stereocenters. The lowest BCUT2D eigenvalue weighted by atomic mass is 10.0. The summed E-state index contributed by atoms with van der Waals surface area (Å²) < 4.78 is 42.3. The van der Waals surface area contributed by atoms with Gasteiger partial charge in [-0.25, -0.2) is 23.0 Å². The van der Waals surface area contributed by atoms with Gasteiger partial charge in [0.25, 0.3) is 5.91 Å². The fourth-order valence-electron chi connectivity index (χ4n) is 4.42. The van der Waals surface area contributed by atoms with Crippen LogP contribution in [0.5, 0.6) is 10.8 Å². The molecule has 1 aromatic heterocycles. The molecule has 2 heterocycles. The van der Waals surface area contributed by atoms with Gasteiger partial charge in [-0.05, 0) is 61.6 Å². The van der Waals surface area contributed by atoms with E-state index in [1.165, 1.54) is 37.4 Å². The number of hydrogen-bond acceptors (Lipinski definition) is 10. The normalized spacial score (nSPS) is 17.6. The van der Waals surface area contributed by atoms with Crippen LogP contribution in [0.2, 0.25) is 0 Å². The van der Waals surface area contributed by atoms with Crippen molar-refractivity contribution in [3.8, 4) is 10.8 Å². The van der Waals surface area contributed by atoms with Crippen molar-refractivity contribution in [3.63, 3.8) is 0 Å². The minimum Gasteiger partial charge on any atom is -0.478 e. The second-order valence-electron chi connectivity index (χ2n) is 9.61. The molecule has 2 aliphatic rings. The number of rotatable bonds is 11. The number of nitrogens with zero attached hydrogens (tertiary/aromatic N) is 1. The third-order valence-electron chi connectivity index (χ3n) is 6.73. The highest BCUT2D eigenvalue weighted by Crippen LogP contribution is 2.36. The Labute approximate surface area is 238 Å². The van der Waals surface area contributed by atoms with Gasteiger partial charge in [-0.15, -0.1) is 0 Å². The highest BCUT2D eigenvalue weighted by molar-refractivity contribution is 7.92. The van der Waals surface area contributed by atoms with Gasteiger partial charge in [0.1, 0.15) is 11.3 Å². The van der Waals surface area contributed by atoms with E-state index in [9.17, 15) is 33.0 Å². The number of anilines is 1. The van der Waals surface area contributed by atoms with E-state index >= 15 is 0 Å². The van der Waals surface area contributed by atoms with Crippen LogP contribution in [0.25, 0.3) is 0 Å². The van der Waals surface area contributed by atoms with Crippen molar-refractivity contribution in [2.45, 2.75) is 48.5 Å². The first-order valence-corrected chi connectivity index (χ1v) is 15.0.